The standard InChI is InChI=1S/C45H38Cl2N4O8/c1-25-26(2)48-14-13-34(25)29-6-3-27(4-7-29)16-37(45(54)55)50-43(52)39-17-31-18-40-41(19-32(31)20-51(39)44(53)38-22-56-24-49-38)59-42(23-58-40)30-8-10-33(11-9-30)57-21-28-5-12-35(46)36(47)15-28/h3-15,18-19,22,24,37,39,42H,16-17,20-21,23H2,1-2H3,(H,50,52)(H,54,55). The van der Waals surface area contributed by atoms with E-state index in [1.165, 1.54) is 11.2 Å². The van der Waals surface area contributed by atoms with Crippen molar-refractivity contribution in [1.82, 2.24) is 20.2 Å². The maximum absolute atomic E-state index is 14.1. The summed E-state index contributed by atoms with van der Waals surface area (Å²) in [5, 5.41) is 13.9. The van der Waals surface area contributed by atoms with E-state index in [0.29, 0.717) is 33.9 Å². The van der Waals surface area contributed by atoms with Gasteiger partial charge in [-0.05, 0) is 101 Å². The molecule has 0 spiro atoms. The quantitative estimate of drug-likeness (QED) is 0.131. The van der Waals surface area contributed by atoms with Crippen LogP contribution >= 0.6 is 23.2 Å². The minimum atomic E-state index is -1.26. The van der Waals surface area contributed by atoms with E-state index in [-0.39, 0.29) is 31.7 Å². The zero-order chi connectivity index (χ0) is 41.2. The van der Waals surface area contributed by atoms with Crippen LogP contribution in [0.2, 0.25) is 10.0 Å². The Balaban J connectivity index is 0.970. The fraction of sp³-hybridized carbons (Fsp3) is 0.222. The summed E-state index contributed by atoms with van der Waals surface area (Å²) in [5.41, 5.74) is 8.01. The van der Waals surface area contributed by atoms with E-state index in [1.807, 2.05) is 86.6 Å². The number of benzene rings is 4. The van der Waals surface area contributed by atoms with Gasteiger partial charge in [0.25, 0.3) is 5.91 Å². The molecular weight excluding hydrogens is 795 g/mol. The van der Waals surface area contributed by atoms with Gasteiger partial charge in [0.1, 0.15) is 37.3 Å². The third-order valence-electron chi connectivity index (χ3n) is 10.7. The van der Waals surface area contributed by atoms with Crippen LogP contribution in [0.3, 0.4) is 0 Å². The number of oxazole rings is 1. The number of carboxylic acids is 1. The Hall–Kier alpha value is -6.37. The number of hydrogen-bond donors (Lipinski definition) is 2. The van der Waals surface area contributed by atoms with Crippen LogP contribution in [0.1, 0.15) is 55.7 Å². The Kier molecular flexibility index (Phi) is 11.3. The summed E-state index contributed by atoms with van der Waals surface area (Å²) in [6, 6.07) is 23.7. The molecule has 2 N–H and O–H groups in total. The number of aryl methyl sites for hydroxylation is 1. The fourth-order valence-corrected chi connectivity index (χ4v) is 7.60. The molecule has 3 atom stereocenters. The fourth-order valence-electron chi connectivity index (χ4n) is 7.28. The molecule has 0 bridgehead atoms. The van der Waals surface area contributed by atoms with Crippen molar-refractivity contribution < 1.29 is 38.1 Å². The van der Waals surface area contributed by atoms with Crippen LogP contribution in [0, 0.1) is 13.8 Å². The highest BCUT2D eigenvalue weighted by atomic mass is 35.5. The number of aromatic nitrogens is 2. The molecular formula is C45H38Cl2N4O8. The minimum absolute atomic E-state index is 0.0164. The molecule has 0 fully saturated rings. The molecule has 6 aromatic rings. The average molecular weight is 834 g/mol. The van der Waals surface area contributed by atoms with Gasteiger partial charge in [0, 0.05) is 31.3 Å². The molecule has 14 heteroatoms. The second kappa shape index (κ2) is 16.8. The summed E-state index contributed by atoms with van der Waals surface area (Å²) < 4.78 is 23.6. The summed E-state index contributed by atoms with van der Waals surface area (Å²) in [4.78, 5) is 50.2. The van der Waals surface area contributed by atoms with E-state index in [2.05, 4.69) is 15.3 Å². The third kappa shape index (κ3) is 8.60. The second-order valence-corrected chi connectivity index (χ2v) is 15.3. The molecule has 2 aliphatic heterocycles. The number of pyridine rings is 1. The summed E-state index contributed by atoms with van der Waals surface area (Å²) in [7, 11) is 0. The van der Waals surface area contributed by atoms with Gasteiger partial charge in [-0.15, -0.1) is 0 Å². The molecule has 2 amide bonds. The van der Waals surface area contributed by atoms with E-state index in [0.717, 1.165) is 56.6 Å². The molecule has 0 radical (unpaired) electrons. The molecule has 12 nitrogen and oxygen atoms in total. The summed E-state index contributed by atoms with van der Waals surface area (Å²) in [6.45, 7) is 4.54. The van der Waals surface area contributed by atoms with E-state index in [1.54, 1.807) is 18.3 Å². The van der Waals surface area contributed by atoms with Crippen LogP contribution in [-0.2, 0) is 35.6 Å². The van der Waals surface area contributed by atoms with Gasteiger partial charge < -0.3 is 34.0 Å². The van der Waals surface area contributed by atoms with Gasteiger partial charge in [-0.25, -0.2) is 9.78 Å². The number of hydrogen-bond acceptors (Lipinski definition) is 9. The lowest BCUT2D eigenvalue weighted by molar-refractivity contribution is -0.142. The SMILES string of the molecule is Cc1nccc(-c2ccc(CC(NC(=O)C3Cc4cc5c(cc4CN3C(=O)c3cocn3)OC(c3ccc(OCc4ccc(Cl)c(Cl)c4)cc3)CO5)C(=O)O)cc2)c1C. The van der Waals surface area contributed by atoms with Crippen LogP contribution in [-0.4, -0.2) is 56.4 Å². The molecule has 0 saturated heterocycles. The number of aliphatic carboxylic acids is 1. The van der Waals surface area contributed by atoms with Crippen LogP contribution in [0.25, 0.3) is 11.1 Å². The lowest BCUT2D eigenvalue weighted by atomic mass is 9.91. The van der Waals surface area contributed by atoms with Crippen LogP contribution in [0.5, 0.6) is 17.2 Å². The first kappa shape index (κ1) is 39.5. The molecule has 2 aliphatic rings. The molecule has 0 aliphatic carbocycles. The predicted octanol–water partition coefficient (Wildman–Crippen LogP) is 8.13. The third-order valence-corrected chi connectivity index (χ3v) is 11.4. The number of fused-ring (bicyclic) bond motifs is 2. The monoisotopic (exact) mass is 832 g/mol. The summed E-state index contributed by atoms with van der Waals surface area (Å²) >= 11 is 12.2. The smallest absolute Gasteiger partial charge is 0.326 e. The molecule has 4 aromatic carbocycles. The zero-order valence-electron chi connectivity index (χ0n) is 32.0. The van der Waals surface area contributed by atoms with Gasteiger partial charge in [0.15, 0.2) is 29.7 Å². The Morgan fingerprint density at radius 3 is 2.41 bits per heavy atom. The number of carbonyl (C=O) groups excluding carboxylic acids is 2. The van der Waals surface area contributed by atoms with E-state index >= 15 is 0 Å². The average Bonchev–Trinajstić information content (AvgIpc) is 3.79. The van der Waals surface area contributed by atoms with E-state index < -0.39 is 36.0 Å². The van der Waals surface area contributed by atoms with Gasteiger partial charge in [-0.1, -0.05) is 65.7 Å². The number of halogens is 2. The largest absolute Gasteiger partial charge is 0.489 e. The number of rotatable bonds is 11. The molecule has 300 valence electrons. The lowest BCUT2D eigenvalue weighted by Crippen LogP contribution is -2.56. The van der Waals surface area contributed by atoms with Crippen molar-refractivity contribution in [3.05, 3.63) is 159 Å². The molecule has 2 aromatic heterocycles. The van der Waals surface area contributed by atoms with Crippen molar-refractivity contribution in [3.63, 3.8) is 0 Å². The minimum Gasteiger partial charge on any atom is -0.489 e. The normalized spacial score (nSPS) is 16.2. The van der Waals surface area contributed by atoms with Crippen molar-refractivity contribution in [3.8, 4) is 28.4 Å². The molecule has 0 saturated carbocycles. The first-order valence-electron chi connectivity index (χ1n) is 18.9. The van der Waals surface area contributed by atoms with Gasteiger partial charge in [-0.2, -0.15) is 0 Å². The Morgan fingerprint density at radius 1 is 0.915 bits per heavy atom. The Morgan fingerprint density at radius 2 is 1.68 bits per heavy atom. The highest BCUT2D eigenvalue weighted by Gasteiger charge is 2.39. The number of amides is 2. The molecule has 4 heterocycles. The highest BCUT2D eigenvalue weighted by molar-refractivity contribution is 6.42. The van der Waals surface area contributed by atoms with Crippen molar-refractivity contribution >= 4 is 41.0 Å². The highest BCUT2D eigenvalue weighted by Crippen LogP contribution is 2.41. The van der Waals surface area contributed by atoms with Crippen molar-refractivity contribution in [2.45, 2.75) is 58.0 Å². The van der Waals surface area contributed by atoms with Crippen LogP contribution in [0.4, 0.5) is 0 Å². The van der Waals surface area contributed by atoms with Crippen LogP contribution < -0.4 is 19.5 Å². The maximum Gasteiger partial charge on any atom is 0.326 e. The first-order chi connectivity index (χ1) is 28.5. The molecule has 3 unspecified atom stereocenters. The van der Waals surface area contributed by atoms with Gasteiger partial charge in [-0.3, -0.25) is 14.6 Å². The van der Waals surface area contributed by atoms with E-state index in [4.69, 9.17) is 41.8 Å². The Bertz CT molecular complexity index is 2530. The van der Waals surface area contributed by atoms with Crippen molar-refractivity contribution in [2.75, 3.05) is 6.61 Å². The summed E-state index contributed by atoms with van der Waals surface area (Å²) in [5.74, 6) is -0.698. The first-order valence-corrected chi connectivity index (χ1v) is 19.6. The topological polar surface area (TPSA) is 153 Å². The van der Waals surface area contributed by atoms with Gasteiger partial charge in [0.05, 0.1) is 10.0 Å². The predicted molar refractivity (Wildman–Crippen MR) is 219 cm³/mol. The number of carbonyl (C=O) groups is 3. The molecule has 59 heavy (non-hydrogen) atoms. The number of nitrogens with zero attached hydrogens (tertiary/aromatic N) is 3. The maximum atomic E-state index is 14.1. The van der Waals surface area contributed by atoms with Gasteiger partial charge in [0.2, 0.25) is 5.91 Å². The van der Waals surface area contributed by atoms with Crippen LogP contribution in [0.15, 0.2) is 108 Å². The van der Waals surface area contributed by atoms with Crippen molar-refractivity contribution in [1.29, 1.82) is 0 Å². The van der Waals surface area contributed by atoms with Crippen molar-refractivity contribution in [2.24, 2.45) is 0 Å². The Labute approximate surface area is 349 Å². The van der Waals surface area contributed by atoms with E-state index in [9.17, 15) is 19.5 Å². The number of carboxylic acid groups (broad SMARTS) is 1. The second-order valence-electron chi connectivity index (χ2n) is 14.5. The zero-order valence-corrected chi connectivity index (χ0v) is 33.5. The summed E-state index contributed by atoms with van der Waals surface area (Å²) in [6.07, 6.45) is 3.81. The molecule has 8 rings (SSSR count). The lowest BCUT2D eigenvalue weighted by Gasteiger charge is -2.37. The van der Waals surface area contributed by atoms with Gasteiger partial charge >= 0.3 is 5.97 Å². The number of nitrogens with one attached hydrogen (secondary N) is 1. The number of ether oxygens (including phenoxy) is 3.